The van der Waals surface area contributed by atoms with E-state index in [1.54, 1.807) is 24.3 Å². The van der Waals surface area contributed by atoms with Crippen molar-refractivity contribution in [3.05, 3.63) is 55.9 Å². The first kappa shape index (κ1) is 19.1. The lowest BCUT2D eigenvalue weighted by Gasteiger charge is -2.13. The Morgan fingerprint density at radius 3 is 2.33 bits per heavy atom. The van der Waals surface area contributed by atoms with Gasteiger partial charge in [0.1, 0.15) is 0 Å². The zero-order chi connectivity index (χ0) is 17.9. The molecule has 0 saturated carbocycles. The molecule has 2 rings (SSSR count). The molecule has 0 unspecified atom stereocenters. The predicted molar refractivity (Wildman–Crippen MR) is 95.3 cm³/mol. The van der Waals surface area contributed by atoms with Crippen molar-refractivity contribution in [2.24, 2.45) is 0 Å². The Labute approximate surface area is 157 Å². The van der Waals surface area contributed by atoms with E-state index in [9.17, 15) is 18.0 Å². The fourth-order valence-corrected chi connectivity index (χ4v) is 3.81. The van der Waals surface area contributed by atoms with E-state index in [1.807, 2.05) is 5.32 Å². The highest BCUT2D eigenvalue weighted by atomic mass is 79.9. The SMILES string of the molecule is O=C(Nc1cccc(CNc2c(Br)cc(Cl)cc2Br)c1)C(F)(F)F. The lowest BCUT2D eigenvalue weighted by Crippen LogP contribution is -2.29. The first-order chi connectivity index (χ1) is 11.2. The van der Waals surface area contributed by atoms with E-state index >= 15 is 0 Å². The van der Waals surface area contributed by atoms with Gasteiger partial charge in [-0.05, 0) is 61.7 Å². The number of alkyl halides is 3. The fourth-order valence-electron chi connectivity index (χ4n) is 1.86. The van der Waals surface area contributed by atoms with Gasteiger partial charge in [0.05, 0.1) is 5.69 Å². The van der Waals surface area contributed by atoms with Crippen molar-refractivity contribution in [2.45, 2.75) is 12.7 Å². The van der Waals surface area contributed by atoms with Crippen molar-refractivity contribution in [3.63, 3.8) is 0 Å². The Morgan fingerprint density at radius 1 is 1.12 bits per heavy atom. The number of carbonyl (C=O) groups is 1. The maximum atomic E-state index is 12.3. The Balaban J connectivity index is 2.09. The maximum Gasteiger partial charge on any atom is 0.471 e. The summed E-state index contributed by atoms with van der Waals surface area (Å²) < 4.78 is 38.3. The molecule has 3 nitrogen and oxygen atoms in total. The third-order valence-electron chi connectivity index (χ3n) is 2.92. The van der Waals surface area contributed by atoms with Crippen LogP contribution in [-0.4, -0.2) is 12.1 Å². The molecule has 0 atom stereocenters. The second-order valence-corrected chi connectivity index (χ2v) is 6.90. The van der Waals surface area contributed by atoms with E-state index in [4.69, 9.17) is 11.6 Å². The van der Waals surface area contributed by atoms with Gasteiger partial charge in [0.15, 0.2) is 0 Å². The summed E-state index contributed by atoms with van der Waals surface area (Å²) in [5.41, 5.74) is 1.53. The van der Waals surface area contributed by atoms with Crippen LogP contribution in [0.2, 0.25) is 5.02 Å². The average Bonchev–Trinajstić information content (AvgIpc) is 2.45. The summed E-state index contributed by atoms with van der Waals surface area (Å²) in [6.45, 7) is 0.342. The van der Waals surface area contributed by atoms with Crippen LogP contribution in [0.1, 0.15) is 5.56 Å². The van der Waals surface area contributed by atoms with Crippen LogP contribution in [0.4, 0.5) is 24.5 Å². The van der Waals surface area contributed by atoms with Crippen LogP contribution in [0.25, 0.3) is 0 Å². The van der Waals surface area contributed by atoms with Gasteiger partial charge in [0.2, 0.25) is 0 Å². The fraction of sp³-hybridized carbons (Fsp3) is 0.133. The minimum atomic E-state index is -4.92. The molecular weight excluding hydrogens is 476 g/mol. The number of hydrogen-bond donors (Lipinski definition) is 2. The lowest BCUT2D eigenvalue weighted by atomic mass is 10.2. The molecule has 2 aromatic rings. The number of hydrogen-bond acceptors (Lipinski definition) is 2. The van der Waals surface area contributed by atoms with Gasteiger partial charge in [-0.25, -0.2) is 0 Å². The maximum absolute atomic E-state index is 12.3. The molecule has 0 heterocycles. The zero-order valence-corrected chi connectivity index (χ0v) is 15.8. The van der Waals surface area contributed by atoms with Crippen LogP contribution in [-0.2, 0) is 11.3 Å². The topological polar surface area (TPSA) is 41.1 Å². The summed E-state index contributed by atoms with van der Waals surface area (Å²) in [4.78, 5) is 11.0. The highest BCUT2D eigenvalue weighted by Crippen LogP contribution is 2.34. The van der Waals surface area contributed by atoms with Crippen molar-refractivity contribution in [1.29, 1.82) is 0 Å². The molecule has 0 aliphatic rings. The van der Waals surface area contributed by atoms with Crippen LogP contribution >= 0.6 is 43.5 Å². The number of halogens is 6. The first-order valence-corrected chi connectivity index (χ1v) is 8.49. The molecule has 0 aromatic heterocycles. The third kappa shape index (κ3) is 5.12. The van der Waals surface area contributed by atoms with Gasteiger partial charge in [0, 0.05) is 26.2 Å². The van der Waals surface area contributed by atoms with E-state index < -0.39 is 12.1 Å². The number of anilines is 2. The van der Waals surface area contributed by atoms with Crippen molar-refractivity contribution in [2.75, 3.05) is 10.6 Å². The highest BCUT2D eigenvalue weighted by molar-refractivity contribution is 9.11. The molecule has 24 heavy (non-hydrogen) atoms. The standard InChI is InChI=1S/C15H10Br2ClF3N2O/c16-11-5-9(18)6-12(17)13(11)22-7-8-2-1-3-10(4-8)23-14(24)15(19,20)21/h1-6,22H,7H2,(H,23,24). The van der Waals surface area contributed by atoms with Gasteiger partial charge in [-0.3, -0.25) is 4.79 Å². The van der Waals surface area contributed by atoms with Gasteiger partial charge < -0.3 is 10.6 Å². The second kappa shape index (κ2) is 7.76. The number of nitrogens with one attached hydrogen (secondary N) is 2. The zero-order valence-electron chi connectivity index (χ0n) is 11.8. The Hall–Kier alpha value is -1.25. The molecule has 0 aliphatic heterocycles. The summed E-state index contributed by atoms with van der Waals surface area (Å²) >= 11 is 12.7. The molecule has 0 spiro atoms. The number of carbonyl (C=O) groups excluding carboxylic acids is 1. The molecule has 0 bridgehead atoms. The van der Waals surface area contributed by atoms with Gasteiger partial charge in [-0.1, -0.05) is 23.7 Å². The van der Waals surface area contributed by atoms with E-state index in [-0.39, 0.29) is 5.69 Å². The minimum Gasteiger partial charge on any atom is -0.379 e. The predicted octanol–water partition coefficient (Wildman–Crippen LogP) is 5.98. The first-order valence-electron chi connectivity index (χ1n) is 6.52. The second-order valence-electron chi connectivity index (χ2n) is 4.75. The summed E-state index contributed by atoms with van der Waals surface area (Å²) in [6.07, 6.45) is -4.92. The Kier molecular flexibility index (Phi) is 6.17. The van der Waals surface area contributed by atoms with Gasteiger partial charge in [-0.15, -0.1) is 0 Å². The molecule has 2 aromatic carbocycles. The molecule has 0 radical (unpaired) electrons. The number of rotatable bonds is 4. The minimum absolute atomic E-state index is 0.0749. The van der Waals surface area contributed by atoms with E-state index in [0.29, 0.717) is 17.1 Å². The van der Waals surface area contributed by atoms with E-state index in [1.165, 1.54) is 12.1 Å². The monoisotopic (exact) mass is 484 g/mol. The van der Waals surface area contributed by atoms with Gasteiger partial charge in [0.25, 0.3) is 0 Å². The third-order valence-corrected chi connectivity index (χ3v) is 4.39. The average molecular weight is 487 g/mol. The van der Waals surface area contributed by atoms with Crippen molar-refractivity contribution >= 4 is 60.7 Å². The van der Waals surface area contributed by atoms with Crippen molar-refractivity contribution < 1.29 is 18.0 Å². The van der Waals surface area contributed by atoms with Crippen LogP contribution in [0, 0.1) is 0 Å². The van der Waals surface area contributed by atoms with E-state index in [0.717, 1.165) is 14.6 Å². The smallest absolute Gasteiger partial charge is 0.379 e. The summed E-state index contributed by atoms with van der Waals surface area (Å²) in [5, 5.41) is 5.52. The molecular formula is C15H10Br2ClF3N2O. The van der Waals surface area contributed by atoms with Crippen LogP contribution < -0.4 is 10.6 Å². The summed E-state index contributed by atoms with van der Waals surface area (Å²) in [7, 11) is 0. The Bertz CT molecular complexity index is 746. The molecule has 0 aliphatic carbocycles. The molecule has 1 amide bonds. The molecule has 0 fully saturated rings. The lowest BCUT2D eigenvalue weighted by molar-refractivity contribution is -0.167. The molecule has 0 saturated heterocycles. The quantitative estimate of drug-likeness (QED) is 0.559. The highest BCUT2D eigenvalue weighted by Gasteiger charge is 2.38. The van der Waals surface area contributed by atoms with Gasteiger partial charge >= 0.3 is 12.1 Å². The normalized spacial score (nSPS) is 11.2. The molecule has 128 valence electrons. The van der Waals surface area contributed by atoms with Gasteiger partial charge in [-0.2, -0.15) is 13.2 Å². The molecule has 2 N–H and O–H groups in total. The summed E-state index contributed by atoms with van der Waals surface area (Å²) in [6, 6.07) is 9.59. The number of benzene rings is 2. The van der Waals surface area contributed by atoms with Crippen LogP contribution in [0.3, 0.4) is 0 Å². The van der Waals surface area contributed by atoms with Crippen molar-refractivity contribution in [3.8, 4) is 0 Å². The summed E-state index contributed by atoms with van der Waals surface area (Å²) in [5.74, 6) is -2.00. The number of amides is 1. The van der Waals surface area contributed by atoms with E-state index in [2.05, 4.69) is 37.2 Å². The van der Waals surface area contributed by atoms with Crippen LogP contribution in [0.5, 0.6) is 0 Å². The van der Waals surface area contributed by atoms with Crippen LogP contribution in [0.15, 0.2) is 45.3 Å². The largest absolute Gasteiger partial charge is 0.471 e. The molecule has 9 heteroatoms. The van der Waals surface area contributed by atoms with Crippen molar-refractivity contribution in [1.82, 2.24) is 0 Å². The Morgan fingerprint density at radius 2 is 1.75 bits per heavy atom.